The van der Waals surface area contributed by atoms with Gasteiger partial charge in [0.05, 0.1) is 6.54 Å². The first-order chi connectivity index (χ1) is 11.6. The molecule has 0 fully saturated rings. The van der Waals surface area contributed by atoms with Crippen molar-refractivity contribution in [2.45, 2.75) is 51.4 Å². The van der Waals surface area contributed by atoms with Crippen LogP contribution in [0.2, 0.25) is 0 Å². The van der Waals surface area contributed by atoms with Crippen molar-refractivity contribution in [3.05, 3.63) is 17.0 Å². The van der Waals surface area contributed by atoms with Crippen molar-refractivity contribution >= 4 is 33.2 Å². The second-order valence-corrected chi connectivity index (χ2v) is 9.28. The molecule has 0 unspecified atom stereocenters. The van der Waals surface area contributed by atoms with Gasteiger partial charge in [0.25, 0.3) is 10.0 Å². The number of sulfonamides is 1. The van der Waals surface area contributed by atoms with E-state index in [1.165, 1.54) is 11.2 Å². The van der Waals surface area contributed by atoms with Crippen molar-refractivity contribution in [1.82, 2.24) is 14.9 Å². The van der Waals surface area contributed by atoms with E-state index in [2.05, 4.69) is 10.6 Å². The molecule has 0 saturated heterocycles. The van der Waals surface area contributed by atoms with E-state index in [0.29, 0.717) is 13.1 Å². The Morgan fingerprint density at radius 1 is 1.20 bits per heavy atom. The van der Waals surface area contributed by atoms with Crippen LogP contribution >= 0.6 is 11.3 Å². The van der Waals surface area contributed by atoms with Gasteiger partial charge in [0.15, 0.2) is 0 Å². The van der Waals surface area contributed by atoms with E-state index >= 15 is 0 Å². The molecule has 0 aromatic carbocycles. The van der Waals surface area contributed by atoms with E-state index in [9.17, 15) is 18.0 Å². The summed E-state index contributed by atoms with van der Waals surface area (Å²) in [5.41, 5.74) is 0. The van der Waals surface area contributed by atoms with Crippen LogP contribution in [0, 0.1) is 5.92 Å². The average Bonchev–Trinajstić information content (AvgIpc) is 3.00. The largest absolute Gasteiger partial charge is 0.349 e. The zero-order valence-electron chi connectivity index (χ0n) is 15.3. The van der Waals surface area contributed by atoms with Crippen LogP contribution in [0.5, 0.6) is 0 Å². The Hall–Kier alpha value is -1.45. The highest BCUT2D eigenvalue weighted by molar-refractivity contribution is 7.91. The van der Waals surface area contributed by atoms with Crippen molar-refractivity contribution in [2.75, 3.05) is 13.1 Å². The van der Waals surface area contributed by atoms with E-state index in [4.69, 9.17) is 0 Å². The van der Waals surface area contributed by atoms with Gasteiger partial charge in [-0.05, 0) is 18.1 Å². The van der Waals surface area contributed by atoms with Crippen molar-refractivity contribution in [2.24, 2.45) is 5.92 Å². The third-order valence-electron chi connectivity index (χ3n) is 3.68. The van der Waals surface area contributed by atoms with Crippen LogP contribution < -0.4 is 10.6 Å². The number of nitrogens with one attached hydrogen (secondary N) is 2. The molecule has 2 N–H and O–H groups in total. The molecule has 0 radical (unpaired) electrons. The number of carbonyl (C=O) groups is 2. The molecular weight excluding hydrogens is 362 g/mol. The normalized spacial score (nSPS) is 13.1. The van der Waals surface area contributed by atoms with Crippen LogP contribution in [0.4, 0.5) is 0 Å². The lowest BCUT2D eigenvalue weighted by Crippen LogP contribution is -2.48. The summed E-state index contributed by atoms with van der Waals surface area (Å²) in [5.74, 6) is -0.602. The third kappa shape index (κ3) is 5.79. The van der Waals surface area contributed by atoms with Crippen LogP contribution in [0.25, 0.3) is 0 Å². The molecule has 0 aliphatic heterocycles. The minimum atomic E-state index is -3.48. The van der Waals surface area contributed by atoms with Gasteiger partial charge >= 0.3 is 0 Å². The summed E-state index contributed by atoms with van der Waals surface area (Å²) in [6.45, 7) is 9.70. The number of rotatable bonds is 9. The number of thiophene rings is 1. The molecule has 25 heavy (non-hydrogen) atoms. The molecule has 0 aliphatic carbocycles. The lowest BCUT2D eigenvalue weighted by Gasteiger charge is -2.20. The minimum Gasteiger partial charge on any atom is -0.349 e. The Morgan fingerprint density at radius 2 is 1.80 bits per heavy atom. The number of carbonyl (C=O) groups excluding carboxylic acids is 2. The highest BCUT2D eigenvalue weighted by Crippen LogP contribution is 2.24. The van der Waals surface area contributed by atoms with Crippen LogP contribution in [0.3, 0.4) is 0 Å². The molecule has 142 valence electrons. The summed E-state index contributed by atoms with van der Waals surface area (Å²) in [4.78, 5) is 24.2. The first-order valence-electron chi connectivity index (χ1n) is 8.27. The summed E-state index contributed by atoms with van der Waals surface area (Å²) in [6.07, 6.45) is 0. The topological polar surface area (TPSA) is 95.6 Å². The fourth-order valence-corrected chi connectivity index (χ4v) is 5.23. The summed E-state index contributed by atoms with van der Waals surface area (Å²) in [5, 5.41) is 5.38. The first kappa shape index (κ1) is 21.6. The number of nitrogens with zero attached hydrogens (tertiary/aromatic N) is 1. The standard InChI is InChI=1S/C16H27N3O4S2/c1-6-19(7-2)25(22,23)14-9-8-13(24-14)10-17-16(21)15(11(3)4)18-12(5)20/h8-9,11,15H,6-7,10H2,1-5H3,(H,17,21)(H,18,20)/t15-/m1/s1. The molecule has 0 spiro atoms. The first-order valence-corrected chi connectivity index (χ1v) is 10.5. The van der Waals surface area contributed by atoms with E-state index in [-0.39, 0.29) is 28.5 Å². The van der Waals surface area contributed by atoms with Crippen molar-refractivity contribution in [3.8, 4) is 0 Å². The van der Waals surface area contributed by atoms with E-state index in [1.807, 2.05) is 13.8 Å². The van der Waals surface area contributed by atoms with Gasteiger partial charge in [0, 0.05) is 24.9 Å². The molecule has 1 atom stereocenters. The van der Waals surface area contributed by atoms with Gasteiger partial charge in [0.2, 0.25) is 11.8 Å². The molecular formula is C16H27N3O4S2. The van der Waals surface area contributed by atoms with Crippen molar-refractivity contribution in [1.29, 1.82) is 0 Å². The number of hydrogen-bond acceptors (Lipinski definition) is 5. The molecule has 9 heteroatoms. The van der Waals surface area contributed by atoms with Crippen molar-refractivity contribution in [3.63, 3.8) is 0 Å². The Morgan fingerprint density at radius 3 is 2.28 bits per heavy atom. The zero-order chi connectivity index (χ0) is 19.2. The molecule has 1 aromatic rings. The second-order valence-electron chi connectivity index (χ2n) is 5.95. The maximum Gasteiger partial charge on any atom is 0.252 e. The average molecular weight is 390 g/mol. The maximum absolute atomic E-state index is 12.5. The summed E-state index contributed by atoms with van der Waals surface area (Å²) in [6, 6.07) is 2.65. The SMILES string of the molecule is CCN(CC)S(=O)(=O)c1ccc(CNC(=O)[C@H](NC(C)=O)C(C)C)s1. The van der Waals surface area contributed by atoms with Gasteiger partial charge in [-0.15, -0.1) is 11.3 Å². The van der Waals surface area contributed by atoms with Gasteiger partial charge in [-0.1, -0.05) is 27.7 Å². The Kier molecular flexibility index (Phi) is 8.04. The lowest BCUT2D eigenvalue weighted by molar-refractivity contribution is -0.129. The molecule has 7 nitrogen and oxygen atoms in total. The minimum absolute atomic E-state index is 0.0501. The zero-order valence-corrected chi connectivity index (χ0v) is 17.0. The molecule has 1 aromatic heterocycles. The van der Waals surface area contributed by atoms with Gasteiger partial charge in [-0.25, -0.2) is 8.42 Å². The summed E-state index contributed by atoms with van der Waals surface area (Å²) >= 11 is 1.14. The highest BCUT2D eigenvalue weighted by atomic mass is 32.2. The van der Waals surface area contributed by atoms with Gasteiger partial charge in [-0.3, -0.25) is 9.59 Å². The Bertz CT molecular complexity index is 694. The predicted molar refractivity (Wildman–Crippen MR) is 98.7 cm³/mol. The predicted octanol–water partition coefficient (Wildman–Crippen LogP) is 1.56. The quantitative estimate of drug-likeness (QED) is 0.670. The molecule has 0 saturated carbocycles. The van der Waals surface area contributed by atoms with Crippen LogP contribution in [-0.2, 0) is 26.2 Å². The maximum atomic E-state index is 12.5. The van der Waals surface area contributed by atoms with Gasteiger partial charge in [-0.2, -0.15) is 4.31 Å². The lowest BCUT2D eigenvalue weighted by atomic mass is 10.0. The number of hydrogen-bond donors (Lipinski definition) is 2. The number of amides is 2. The third-order valence-corrected chi connectivity index (χ3v) is 7.28. The van der Waals surface area contributed by atoms with E-state index < -0.39 is 16.1 Å². The fraction of sp³-hybridized carbons (Fsp3) is 0.625. The van der Waals surface area contributed by atoms with Crippen LogP contribution in [0.1, 0.15) is 39.5 Å². The molecule has 2 amide bonds. The monoisotopic (exact) mass is 389 g/mol. The van der Waals surface area contributed by atoms with Gasteiger partial charge in [0.1, 0.15) is 10.3 Å². The summed E-state index contributed by atoms with van der Waals surface area (Å²) in [7, 11) is -3.48. The molecule has 0 aliphatic rings. The van der Waals surface area contributed by atoms with Crippen LogP contribution in [-0.4, -0.2) is 43.7 Å². The molecule has 1 rings (SSSR count). The smallest absolute Gasteiger partial charge is 0.252 e. The Labute approximate surface area is 153 Å². The van der Waals surface area contributed by atoms with Crippen LogP contribution in [0.15, 0.2) is 16.3 Å². The van der Waals surface area contributed by atoms with Crippen molar-refractivity contribution < 1.29 is 18.0 Å². The molecule has 0 bridgehead atoms. The van der Waals surface area contributed by atoms with E-state index in [0.717, 1.165) is 16.2 Å². The second kappa shape index (κ2) is 9.30. The molecule has 1 heterocycles. The summed E-state index contributed by atoms with van der Waals surface area (Å²) < 4.78 is 26.6. The van der Waals surface area contributed by atoms with Gasteiger partial charge < -0.3 is 10.6 Å². The highest BCUT2D eigenvalue weighted by Gasteiger charge is 2.25. The fourth-order valence-electron chi connectivity index (χ4n) is 2.32. The Balaban J connectivity index is 2.78. The van der Waals surface area contributed by atoms with E-state index in [1.54, 1.807) is 26.0 Å².